The van der Waals surface area contributed by atoms with Crippen LogP contribution in [0.2, 0.25) is 0 Å². The lowest BCUT2D eigenvalue weighted by Gasteiger charge is -2.12. The maximum Gasteiger partial charge on any atom is 0.411 e. The molecule has 1 unspecified atom stereocenters. The summed E-state index contributed by atoms with van der Waals surface area (Å²) in [6.45, 7) is -3.39. The number of rotatable bonds is 6. The molecule has 0 aliphatic carbocycles. The molecule has 0 aromatic carbocycles. The standard InChI is InChI=1S/C7H10F3NO5/c8-7(9,10)3-16-2-5(13)11-4(1-12)6(14)15/h4,12H,1-3H2,(H,11,13)(H,14,15). The Kier molecular flexibility index (Phi) is 5.75. The fraction of sp³-hybridized carbons (Fsp3) is 0.714. The van der Waals surface area contributed by atoms with Crippen molar-refractivity contribution in [3.63, 3.8) is 0 Å². The first kappa shape index (κ1) is 14.6. The molecule has 94 valence electrons. The summed E-state index contributed by atoms with van der Waals surface area (Å²) < 4.78 is 38.7. The van der Waals surface area contributed by atoms with E-state index < -0.39 is 43.9 Å². The first-order chi connectivity index (χ1) is 7.26. The molecule has 0 aromatic rings. The molecule has 0 radical (unpaired) electrons. The zero-order chi connectivity index (χ0) is 12.8. The van der Waals surface area contributed by atoms with Gasteiger partial charge in [0, 0.05) is 0 Å². The number of ether oxygens (including phenoxy) is 1. The Morgan fingerprint density at radius 2 is 1.94 bits per heavy atom. The normalized spacial score (nSPS) is 13.2. The number of carbonyl (C=O) groups excluding carboxylic acids is 1. The van der Waals surface area contributed by atoms with Crippen molar-refractivity contribution in [2.75, 3.05) is 19.8 Å². The van der Waals surface area contributed by atoms with Crippen LogP contribution in [0, 0.1) is 0 Å². The lowest BCUT2D eigenvalue weighted by molar-refractivity contribution is -0.176. The topological polar surface area (TPSA) is 95.9 Å². The quantitative estimate of drug-likeness (QED) is 0.565. The Labute approximate surface area is 88.0 Å². The van der Waals surface area contributed by atoms with Crippen molar-refractivity contribution in [3.8, 4) is 0 Å². The Bertz CT molecular complexity index is 255. The van der Waals surface area contributed by atoms with Gasteiger partial charge in [0.15, 0.2) is 0 Å². The van der Waals surface area contributed by atoms with Gasteiger partial charge in [0.1, 0.15) is 19.3 Å². The Morgan fingerprint density at radius 3 is 2.31 bits per heavy atom. The highest BCUT2D eigenvalue weighted by molar-refractivity contribution is 5.84. The average molecular weight is 245 g/mol. The van der Waals surface area contributed by atoms with Crippen LogP contribution in [0.3, 0.4) is 0 Å². The second kappa shape index (κ2) is 6.28. The molecule has 0 saturated heterocycles. The highest BCUT2D eigenvalue weighted by Crippen LogP contribution is 2.13. The summed E-state index contributed by atoms with van der Waals surface area (Å²) in [5.41, 5.74) is 0. The van der Waals surface area contributed by atoms with E-state index in [2.05, 4.69) is 4.74 Å². The van der Waals surface area contributed by atoms with Gasteiger partial charge in [-0.1, -0.05) is 0 Å². The van der Waals surface area contributed by atoms with E-state index >= 15 is 0 Å². The highest BCUT2D eigenvalue weighted by Gasteiger charge is 2.28. The summed E-state index contributed by atoms with van der Waals surface area (Å²) >= 11 is 0. The fourth-order valence-corrected chi connectivity index (χ4v) is 0.681. The van der Waals surface area contributed by atoms with E-state index in [4.69, 9.17) is 10.2 Å². The molecule has 3 N–H and O–H groups in total. The predicted molar refractivity (Wildman–Crippen MR) is 43.5 cm³/mol. The van der Waals surface area contributed by atoms with Crippen molar-refractivity contribution in [2.45, 2.75) is 12.2 Å². The maximum atomic E-state index is 11.6. The zero-order valence-corrected chi connectivity index (χ0v) is 7.95. The first-order valence-electron chi connectivity index (χ1n) is 4.04. The number of carbonyl (C=O) groups is 2. The Hall–Kier alpha value is -1.35. The van der Waals surface area contributed by atoms with Crippen molar-refractivity contribution in [1.82, 2.24) is 5.32 Å². The number of nitrogens with one attached hydrogen (secondary N) is 1. The van der Waals surface area contributed by atoms with Gasteiger partial charge in [-0.2, -0.15) is 13.2 Å². The van der Waals surface area contributed by atoms with Crippen molar-refractivity contribution in [1.29, 1.82) is 0 Å². The number of aliphatic hydroxyl groups excluding tert-OH is 1. The SMILES string of the molecule is O=C(COCC(F)(F)F)NC(CO)C(=O)O. The number of halogens is 3. The van der Waals surface area contributed by atoms with E-state index in [0.717, 1.165) is 0 Å². The minimum atomic E-state index is -4.55. The molecule has 0 aliphatic heterocycles. The van der Waals surface area contributed by atoms with E-state index in [-0.39, 0.29) is 0 Å². The average Bonchev–Trinajstić information content (AvgIpc) is 2.11. The number of amides is 1. The predicted octanol–water partition coefficient (Wildman–Crippen LogP) is -0.873. The third kappa shape index (κ3) is 7.01. The Morgan fingerprint density at radius 1 is 1.38 bits per heavy atom. The molecule has 6 nitrogen and oxygen atoms in total. The number of hydrogen-bond acceptors (Lipinski definition) is 4. The summed E-state index contributed by atoms with van der Waals surface area (Å²) in [4.78, 5) is 21.1. The summed E-state index contributed by atoms with van der Waals surface area (Å²) in [5.74, 6) is -2.54. The zero-order valence-electron chi connectivity index (χ0n) is 7.95. The number of aliphatic hydroxyl groups is 1. The van der Waals surface area contributed by atoms with Crippen LogP contribution in [0.1, 0.15) is 0 Å². The summed E-state index contributed by atoms with van der Waals surface area (Å²) in [5, 5.41) is 18.6. The molecule has 0 rings (SSSR count). The molecule has 0 spiro atoms. The van der Waals surface area contributed by atoms with Crippen LogP contribution in [-0.4, -0.2) is 54.1 Å². The third-order valence-corrected chi connectivity index (χ3v) is 1.31. The van der Waals surface area contributed by atoms with E-state index in [1.165, 1.54) is 0 Å². The number of carboxylic acid groups (broad SMARTS) is 1. The van der Waals surface area contributed by atoms with Crippen LogP contribution >= 0.6 is 0 Å². The molecule has 9 heteroatoms. The molecule has 1 atom stereocenters. The summed E-state index contributed by atoms with van der Waals surface area (Å²) in [6.07, 6.45) is -4.55. The van der Waals surface area contributed by atoms with Crippen LogP contribution in [0.25, 0.3) is 0 Å². The van der Waals surface area contributed by atoms with Crippen LogP contribution in [0.15, 0.2) is 0 Å². The number of alkyl halides is 3. The second-order valence-corrected chi connectivity index (χ2v) is 2.75. The lowest BCUT2D eigenvalue weighted by atomic mass is 10.3. The van der Waals surface area contributed by atoms with Crippen molar-refractivity contribution in [2.24, 2.45) is 0 Å². The molecule has 16 heavy (non-hydrogen) atoms. The van der Waals surface area contributed by atoms with Gasteiger partial charge in [-0.05, 0) is 0 Å². The van der Waals surface area contributed by atoms with Gasteiger partial charge in [-0.15, -0.1) is 0 Å². The smallest absolute Gasteiger partial charge is 0.411 e. The summed E-state index contributed by atoms with van der Waals surface area (Å²) in [6, 6.07) is -1.55. The van der Waals surface area contributed by atoms with Crippen LogP contribution < -0.4 is 5.32 Å². The maximum absolute atomic E-state index is 11.6. The van der Waals surface area contributed by atoms with E-state index in [9.17, 15) is 22.8 Å². The van der Waals surface area contributed by atoms with Gasteiger partial charge in [-0.25, -0.2) is 4.79 Å². The fourth-order valence-electron chi connectivity index (χ4n) is 0.681. The van der Waals surface area contributed by atoms with Crippen LogP contribution in [-0.2, 0) is 14.3 Å². The van der Waals surface area contributed by atoms with Gasteiger partial charge in [0.05, 0.1) is 6.61 Å². The van der Waals surface area contributed by atoms with E-state index in [1.807, 2.05) is 0 Å². The molecule has 0 saturated carbocycles. The highest BCUT2D eigenvalue weighted by atomic mass is 19.4. The largest absolute Gasteiger partial charge is 0.480 e. The molecule has 0 bridgehead atoms. The monoisotopic (exact) mass is 245 g/mol. The number of carboxylic acids is 1. The third-order valence-electron chi connectivity index (χ3n) is 1.31. The van der Waals surface area contributed by atoms with Gasteiger partial charge in [0.2, 0.25) is 5.91 Å². The Balaban J connectivity index is 3.86. The van der Waals surface area contributed by atoms with Gasteiger partial charge < -0.3 is 20.3 Å². The van der Waals surface area contributed by atoms with Crippen molar-refractivity contribution < 1.29 is 37.7 Å². The molecule has 0 heterocycles. The van der Waals surface area contributed by atoms with Crippen LogP contribution in [0.4, 0.5) is 13.2 Å². The molecule has 0 fully saturated rings. The van der Waals surface area contributed by atoms with Gasteiger partial charge in [0.25, 0.3) is 0 Å². The first-order valence-corrected chi connectivity index (χ1v) is 4.04. The van der Waals surface area contributed by atoms with E-state index in [0.29, 0.717) is 0 Å². The van der Waals surface area contributed by atoms with E-state index in [1.54, 1.807) is 5.32 Å². The van der Waals surface area contributed by atoms with Gasteiger partial charge >= 0.3 is 12.1 Å². The number of hydrogen-bond donors (Lipinski definition) is 3. The van der Waals surface area contributed by atoms with Crippen LogP contribution in [0.5, 0.6) is 0 Å². The second-order valence-electron chi connectivity index (χ2n) is 2.75. The molecular formula is C7H10F3NO5. The molecule has 0 aromatic heterocycles. The molecule has 1 amide bonds. The number of aliphatic carboxylic acids is 1. The summed E-state index contributed by atoms with van der Waals surface area (Å²) in [7, 11) is 0. The van der Waals surface area contributed by atoms with Crippen molar-refractivity contribution >= 4 is 11.9 Å². The van der Waals surface area contributed by atoms with Crippen molar-refractivity contribution in [3.05, 3.63) is 0 Å². The minimum Gasteiger partial charge on any atom is -0.480 e. The van der Waals surface area contributed by atoms with Gasteiger partial charge in [-0.3, -0.25) is 4.79 Å². The lowest BCUT2D eigenvalue weighted by Crippen LogP contribution is -2.45. The molecule has 0 aliphatic rings. The molecular weight excluding hydrogens is 235 g/mol. The minimum absolute atomic E-state index is 0.861.